The van der Waals surface area contributed by atoms with E-state index in [0.29, 0.717) is 11.6 Å². The second-order valence-corrected chi connectivity index (χ2v) is 7.09. The van der Waals surface area contributed by atoms with Crippen LogP contribution in [0.15, 0.2) is 28.1 Å². The predicted octanol–water partition coefficient (Wildman–Crippen LogP) is 5.34. The SMILES string of the molecule is CCNC(Cc1c(F)cccc1F)c1cc(Cl)c(Br)s1. The third kappa shape index (κ3) is 3.58. The zero-order valence-electron chi connectivity index (χ0n) is 10.7. The largest absolute Gasteiger partial charge is 0.309 e. The fraction of sp³-hybridized carbons (Fsp3) is 0.286. The van der Waals surface area contributed by atoms with Gasteiger partial charge >= 0.3 is 0 Å². The van der Waals surface area contributed by atoms with Crippen molar-refractivity contribution in [1.82, 2.24) is 5.32 Å². The Labute approximate surface area is 134 Å². The van der Waals surface area contributed by atoms with Crippen molar-refractivity contribution in [2.75, 3.05) is 6.54 Å². The van der Waals surface area contributed by atoms with Crippen LogP contribution in [0, 0.1) is 11.6 Å². The van der Waals surface area contributed by atoms with Gasteiger partial charge in [-0.2, -0.15) is 0 Å². The van der Waals surface area contributed by atoms with Crippen molar-refractivity contribution in [2.45, 2.75) is 19.4 Å². The number of likely N-dealkylation sites (N-methyl/N-ethyl adjacent to an activating group) is 1. The number of nitrogens with one attached hydrogen (secondary N) is 1. The van der Waals surface area contributed by atoms with E-state index >= 15 is 0 Å². The standard InChI is InChI=1S/C14H13BrClF2NS/c1-2-19-12(13-7-9(16)14(15)20-13)6-8-10(17)4-3-5-11(8)18/h3-5,7,12,19H,2,6H2,1H3. The Morgan fingerprint density at radius 3 is 2.50 bits per heavy atom. The molecule has 0 saturated carbocycles. The molecule has 1 aromatic carbocycles. The molecule has 1 aromatic heterocycles. The molecule has 1 atom stereocenters. The maximum Gasteiger partial charge on any atom is 0.129 e. The molecular formula is C14H13BrClF2NS. The summed E-state index contributed by atoms with van der Waals surface area (Å²) in [6.45, 7) is 2.66. The molecule has 0 saturated heterocycles. The summed E-state index contributed by atoms with van der Waals surface area (Å²) in [5.74, 6) is -1.04. The predicted molar refractivity (Wildman–Crippen MR) is 83.5 cm³/mol. The Kier molecular flexibility index (Phi) is 5.55. The van der Waals surface area contributed by atoms with Crippen molar-refractivity contribution in [1.29, 1.82) is 0 Å². The van der Waals surface area contributed by atoms with Crippen molar-refractivity contribution in [2.24, 2.45) is 0 Å². The van der Waals surface area contributed by atoms with Gasteiger partial charge in [-0.3, -0.25) is 0 Å². The maximum absolute atomic E-state index is 13.8. The molecule has 0 bridgehead atoms. The molecule has 0 aliphatic heterocycles. The fourth-order valence-corrected chi connectivity index (χ4v) is 3.81. The van der Waals surface area contributed by atoms with Crippen molar-refractivity contribution < 1.29 is 8.78 Å². The number of hydrogen-bond acceptors (Lipinski definition) is 2. The Morgan fingerprint density at radius 2 is 2.00 bits per heavy atom. The fourth-order valence-electron chi connectivity index (χ4n) is 1.99. The molecule has 0 fully saturated rings. The Morgan fingerprint density at radius 1 is 1.35 bits per heavy atom. The van der Waals surface area contributed by atoms with Crippen molar-refractivity contribution >= 4 is 38.9 Å². The van der Waals surface area contributed by atoms with Gasteiger partial charge in [0, 0.05) is 16.5 Å². The van der Waals surface area contributed by atoms with E-state index in [-0.39, 0.29) is 18.0 Å². The first-order chi connectivity index (χ1) is 9.52. The van der Waals surface area contributed by atoms with E-state index in [1.54, 1.807) is 0 Å². The van der Waals surface area contributed by atoms with Crippen LogP contribution < -0.4 is 5.32 Å². The van der Waals surface area contributed by atoms with E-state index < -0.39 is 11.6 Å². The Balaban J connectivity index is 2.30. The minimum Gasteiger partial charge on any atom is -0.309 e. The minimum absolute atomic E-state index is 0.0964. The number of thiophene rings is 1. The lowest BCUT2D eigenvalue weighted by Crippen LogP contribution is -2.23. The molecule has 1 heterocycles. The number of hydrogen-bond donors (Lipinski definition) is 1. The van der Waals surface area contributed by atoms with Crippen LogP contribution in [-0.2, 0) is 6.42 Å². The summed E-state index contributed by atoms with van der Waals surface area (Å²) < 4.78 is 28.3. The van der Waals surface area contributed by atoms with E-state index in [0.717, 1.165) is 8.66 Å². The van der Waals surface area contributed by atoms with Gasteiger partial charge in [-0.15, -0.1) is 11.3 Å². The molecule has 1 unspecified atom stereocenters. The average Bonchev–Trinajstić information content (AvgIpc) is 2.73. The quantitative estimate of drug-likeness (QED) is 0.738. The minimum atomic E-state index is -0.519. The zero-order chi connectivity index (χ0) is 14.7. The van der Waals surface area contributed by atoms with E-state index in [2.05, 4.69) is 21.2 Å². The van der Waals surface area contributed by atoms with Gasteiger partial charge in [0.1, 0.15) is 11.6 Å². The van der Waals surface area contributed by atoms with Crippen LogP contribution in [0.2, 0.25) is 5.02 Å². The molecule has 1 nitrogen and oxygen atoms in total. The number of benzene rings is 1. The third-order valence-electron chi connectivity index (χ3n) is 2.93. The van der Waals surface area contributed by atoms with Gasteiger partial charge in [0.25, 0.3) is 0 Å². The molecule has 2 aromatic rings. The molecule has 2 rings (SSSR count). The normalized spacial score (nSPS) is 12.7. The number of halogens is 4. The molecule has 108 valence electrons. The molecule has 6 heteroatoms. The second kappa shape index (κ2) is 6.98. The average molecular weight is 381 g/mol. The van der Waals surface area contributed by atoms with Gasteiger partial charge in [-0.25, -0.2) is 8.78 Å². The van der Waals surface area contributed by atoms with Crippen LogP contribution >= 0.6 is 38.9 Å². The summed E-state index contributed by atoms with van der Waals surface area (Å²) in [5, 5.41) is 3.85. The highest BCUT2D eigenvalue weighted by molar-refractivity contribution is 9.11. The highest BCUT2D eigenvalue weighted by atomic mass is 79.9. The molecule has 20 heavy (non-hydrogen) atoms. The number of rotatable bonds is 5. The van der Waals surface area contributed by atoms with Crippen LogP contribution in [0.5, 0.6) is 0 Å². The van der Waals surface area contributed by atoms with Gasteiger partial charge in [-0.1, -0.05) is 24.6 Å². The van der Waals surface area contributed by atoms with Crippen LogP contribution in [-0.4, -0.2) is 6.54 Å². The Hall–Kier alpha value is -0.490. The summed E-state index contributed by atoms with van der Waals surface area (Å²) in [7, 11) is 0. The lowest BCUT2D eigenvalue weighted by Gasteiger charge is -2.17. The highest BCUT2D eigenvalue weighted by Crippen LogP contribution is 2.36. The first-order valence-corrected chi connectivity index (χ1v) is 8.12. The van der Waals surface area contributed by atoms with Crippen LogP contribution in [0.4, 0.5) is 8.78 Å². The van der Waals surface area contributed by atoms with Crippen molar-refractivity contribution in [3.8, 4) is 0 Å². The van der Waals surface area contributed by atoms with Gasteiger partial charge < -0.3 is 5.32 Å². The van der Waals surface area contributed by atoms with Crippen LogP contribution in [0.3, 0.4) is 0 Å². The van der Waals surface area contributed by atoms with Gasteiger partial charge in [0.05, 0.1) is 8.81 Å². The van der Waals surface area contributed by atoms with E-state index in [1.807, 2.05) is 13.0 Å². The molecule has 0 radical (unpaired) electrons. The molecular weight excluding hydrogens is 368 g/mol. The lowest BCUT2D eigenvalue weighted by atomic mass is 10.0. The lowest BCUT2D eigenvalue weighted by molar-refractivity contribution is 0.503. The van der Waals surface area contributed by atoms with Crippen molar-refractivity contribution in [3.05, 3.63) is 55.1 Å². The molecule has 0 spiro atoms. The third-order valence-corrected chi connectivity index (χ3v) is 5.52. The first-order valence-electron chi connectivity index (χ1n) is 6.14. The zero-order valence-corrected chi connectivity index (χ0v) is 13.9. The summed E-state index contributed by atoms with van der Waals surface area (Å²) >= 11 is 10.9. The van der Waals surface area contributed by atoms with Crippen LogP contribution in [0.1, 0.15) is 23.4 Å². The summed E-state index contributed by atoms with van der Waals surface area (Å²) in [5.41, 5.74) is 0.0964. The van der Waals surface area contributed by atoms with Gasteiger partial charge in [-0.05, 0) is 47.1 Å². The first kappa shape index (κ1) is 15.9. The van der Waals surface area contributed by atoms with Crippen LogP contribution in [0.25, 0.3) is 0 Å². The molecule has 0 aliphatic carbocycles. The molecule has 0 amide bonds. The van der Waals surface area contributed by atoms with Crippen molar-refractivity contribution in [3.63, 3.8) is 0 Å². The van der Waals surface area contributed by atoms with E-state index in [4.69, 9.17) is 11.6 Å². The van der Waals surface area contributed by atoms with Gasteiger partial charge in [0.2, 0.25) is 0 Å². The Bertz CT molecular complexity index is 563. The topological polar surface area (TPSA) is 12.0 Å². The molecule has 0 aliphatic rings. The van der Waals surface area contributed by atoms with E-state index in [9.17, 15) is 8.78 Å². The maximum atomic E-state index is 13.8. The smallest absolute Gasteiger partial charge is 0.129 e. The highest BCUT2D eigenvalue weighted by Gasteiger charge is 2.19. The summed E-state index contributed by atoms with van der Waals surface area (Å²) in [4.78, 5) is 0.950. The van der Waals surface area contributed by atoms with E-state index in [1.165, 1.54) is 29.5 Å². The molecule has 1 N–H and O–H groups in total. The monoisotopic (exact) mass is 379 g/mol. The second-order valence-electron chi connectivity index (χ2n) is 4.29. The summed E-state index contributed by atoms with van der Waals surface area (Å²) in [6, 6.07) is 5.58. The van der Waals surface area contributed by atoms with Gasteiger partial charge in [0.15, 0.2) is 0 Å². The summed E-state index contributed by atoms with van der Waals surface area (Å²) in [6.07, 6.45) is 0.246.